The summed E-state index contributed by atoms with van der Waals surface area (Å²) in [6, 6.07) is -13.0. The van der Waals surface area contributed by atoms with Gasteiger partial charge < -0.3 is 75.4 Å². The first-order chi connectivity index (χ1) is 47.3. The number of rotatable bonds is 17. The van der Waals surface area contributed by atoms with Crippen molar-refractivity contribution in [2.24, 2.45) is 41.4 Å². The van der Waals surface area contributed by atoms with Gasteiger partial charge in [0.2, 0.25) is 70.9 Å². The van der Waals surface area contributed by atoms with Gasteiger partial charge in [0.15, 0.2) is 0 Å². The van der Waals surface area contributed by atoms with Crippen molar-refractivity contribution in [1.82, 2.24) is 60.5 Å². The molecule has 2 aliphatic heterocycles. The zero-order chi connectivity index (χ0) is 76.2. The van der Waals surface area contributed by atoms with Crippen LogP contribution in [0, 0.1) is 41.4 Å². The lowest BCUT2D eigenvalue weighted by molar-refractivity contribution is -0.152. The van der Waals surface area contributed by atoms with Crippen molar-refractivity contribution in [3.8, 4) is 0 Å². The van der Waals surface area contributed by atoms with Gasteiger partial charge in [0.25, 0.3) is 0 Å². The van der Waals surface area contributed by atoms with Crippen LogP contribution in [-0.2, 0) is 62.3 Å². The molecule has 3 unspecified atom stereocenters. The van der Waals surface area contributed by atoms with Gasteiger partial charge in [-0.25, -0.2) is 0 Å². The molecule has 4 rings (SSSR count). The first-order valence-corrected chi connectivity index (χ1v) is 37.5. The first kappa shape index (κ1) is 86.9. The van der Waals surface area contributed by atoms with Crippen LogP contribution < -0.4 is 21.3 Å². The van der Waals surface area contributed by atoms with Gasteiger partial charge in [-0.05, 0) is 132 Å². The predicted octanol–water partition coefficient (Wildman–Crippen LogP) is 3.93. The van der Waals surface area contributed by atoms with Crippen LogP contribution in [0.15, 0.2) is 0 Å². The van der Waals surface area contributed by atoms with Crippen molar-refractivity contribution < 1.29 is 72.5 Å². The highest BCUT2D eigenvalue weighted by Gasteiger charge is 2.46. The summed E-state index contributed by atoms with van der Waals surface area (Å²) in [5.74, 6) is -9.81. The molecule has 0 aromatic carbocycles. The number of piperidine rings is 1. The molecular formula is C74H130N12O15. The maximum Gasteiger partial charge on any atom is 0.248 e. The van der Waals surface area contributed by atoms with Crippen molar-refractivity contribution in [3.63, 3.8) is 0 Å². The molecule has 2 saturated carbocycles. The molecule has 4 aliphatic rings. The summed E-state index contributed by atoms with van der Waals surface area (Å²) in [5, 5.41) is 33.6. The molecule has 2 heterocycles. The topological polar surface area (TPSA) is 329 Å². The van der Waals surface area contributed by atoms with E-state index >= 15 is 28.8 Å². The zero-order valence-electron chi connectivity index (χ0n) is 64.9. The van der Waals surface area contributed by atoms with Crippen LogP contribution in [-0.4, -0.2) is 275 Å². The number of nitrogens with zero attached hydrogens (tertiary/aromatic N) is 8. The molecule has 6 N–H and O–H groups in total. The summed E-state index contributed by atoms with van der Waals surface area (Å²) in [7, 11) is 11.5. The fourth-order valence-electron chi connectivity index (χ4n) is 14.9. The molecule has 0 radical (unpaired) electrons. The van der Waals surface area contributed by atoms with Crippen molar-refractivity contribution in [1.29, 1.82) is 0 Å². The van der Waals surface area contributed by atoms with Crippen molar-refractivity contribution in [3.05, 3.63) is 0 Å². The second kappa shape index (κ2) is 40.5. The second-order valence-electron chi connectivity index (χ2n) is 31.7. The Kier molecular flexibility index (Phi) is 34.9. The summed E-state index contributed by atoms with van der Waals surface area (Å²) in [4.78, 5) is 191. The quantitative estimate of drug-likeness (QED) is 0.120. The molecule has 576 valence electrons. The molecule has 0 spiro atoms. The van der Waals surface area contributed by atoms with Crippen LogP contribution in [0.1, 0.15) is 205 Å². The van der Waals surface area contributed by atoms with E-state index < -0.39 is 168 Å². The van der Waals surface area contributed by atoms with E-state index in [1.165, 1.54) is 87.9 Å². The Morgan fingerprint density at radius 1 is 0.475 bits per heavy atom. The van der Waals surface area contributed by atoms with Crippen LogP contribution in [0.3, 0.4) is 0 Å². The molecule has 14 atom stereocenters. The highest BCUT2D eigenvalue weighted by atomic mass is 16.5. The van der Waals surface area contributed by atoms with E-state index in [1.54, 1.807) is 25.7 Å². The van der Waals surface area contributed by atoms with E-state index in [-0.39, 0.29) is 80.5 Å². The van der Waals surface area contributed by atoms with Gasteiger partial charge in [-0.1, -0.05) is 108 Å². The lowest BCUT2D eigenvalue weighted by Crippen LogP contribution is -2.62. The van der Waals surface area contributed by atoms with Crippen LogP contribution in [0.25, 0.3) is 0 Å². The third kappa shape index (κ3) is 24.6. The summed E-state index contributed by atoms with van der Waals surface area (Å²) in [6.07, 6.45) is 4.99. The Morgan fingerprint density at radius 2 is 0.921 bits per heavy atom. The number of hydrogen-bond donors (Lipinski definition) is 6. The van der Waals surface area contributed by atoms with E-state index in [1.807, 2.05) is 55.4 Å². The molecule has 101 heavy (non-hydrogen) atoms. The average Bonchev–Trinajstić information content (AvgIpc) is 0.822. The van der Waals surface area contributed by atoms with Gasteiger partial charge in [-0.2, -0.15) is 0 Å². The number of hydrogen-bond acceptors (Lipinski definition) is 15. The third-order valence-electron chi connectivity index (χ3n) is 21.2. The largest absolute Gasteiger partial charge is 0.391 e. The minimum atomic E-state index is -1.64. The van der Waals surface area contributed by atoms with Gasteiger partial charge in [0.05, 0.1) is 31.3 Å². The van der Waals surface area contributed by atoms with E-state index in [0.29, 0.717) is 45.2 Å². The molecule has 4 fully saturated rings. The number of aliphatic hydroxyl groups is 2. The highest BCUT2D eigenvalue weighted by Crippen LogP contribution is 2.33. The fraction of sp³-hybridized carbons (Fsp3) is 0.838. The zero-order valence-corrected chi connectivity index (χ0v) is 64.9. The van der Waals surface area contributed by atoms with Gasteiger partial charge in [0.1, 0.15) is 60.4 Å². The summed E-state index contributed by atoms with van der Waals surface area (Å²) in [5.41, 5.74) is 0. The maximum absolute atomic E-state index is 15.5. The van der Waals surface area contributed by atoms with E-state index in [9.17, 15) is 39.0 Å². The standard InChI is InChI=1S/C74H130N12O15/c1-21-53-65(91)75-51(38-50-30-31-59(88)60(40-50)101-20)69(95)84(18)57(37-46(8)9)71(97)82(16)55(35-44(4)5)67(93)77-63(47(10)11)74(100)85(19)58(39-49-28-24-22-25-29-49)72(98)83(17)56(36-45(6)7)68(94)78-64(48(12)87)73(99)79(13)42-62(90)81(15)54(34-43(2)3)66(92)76-52(41-61(89)80(53)14)70(96)86-32-26-23-27-33-86/h43-60,63-64,87-88H,21-42H2,1-20H3,(H,75,91)(H,76,92)(H,77,93)(H,78,94)/t48-,50?,51+,52+,53+,54+,55+,56+,57+,58+,59?,60?,63+,64+/m1/s1. The van der Waals surface area contributed by atoms with Crippen LogP contribution >= 0.6 is 0 Å². The Labute approximate surface area is 602 Å². The molecular weight excluding hydrogens is 1300 g/mol. The smallest absolute Gasteiger partial charge is 0.248 e. The Balaban J connectivity index is 1.97. The third-order valence-corrected chi connectivity index (χ3v) is 21.2. The fourth-order valence-corrected chi connectivity index (χ4v) is 14.9. The van der Waals surface area contributed by atoms with Crippen molar-refractivity contribution >= 4 is 70.9 Å². The first-order valence-electron chi connectivity index (χ1n) is 37.5. The van der Waals surface area contributed by atoms with Gasteiger partial charge in [-0.3, -0.25) is 57.5 Å². The van der Waals surface area contributed by atoms with E-state index in [4.69, 9.17) is 4.74 Å². The number of amides is 12. The number of methoxy groups -OCH3 is 1. The highest BCUT2D eigenvalue weighted by molar-refractivity contribution is 6.00. The molecule has 0 aromatic rings. The SMILES string of the molecule is CC[C@H]1C(=O)N[C@@H](CC2CCC(O)C(OC)C2)C(=O)N(C)[C@@H](CC(C)C)C(=O)N(C)[C@@H](CC(C)C)C(=O)N[C@@H](C(C)C)C(=O)N(C)[C@@H](CC2CCCCC2)C(=O)N(C)[C@@H](CC(C)C)C(=O)N[C@@H]([C@@H](C)O)C(=O)N(C)CC(=O)N(C)[C@@H](CC(C)C)C(=O)N[C@H](C(=O)N2CCCCC2)CC(=O)N1C. The summed E-state index contributed by atoms with van der Waals surface area (Å²) < 4.78 is 5.67. The van der Waals surface area contributed by atoms with Crippen LogP contribution in [0.2, 0.25) is 0 Å². The molecule has 2 aliphatic carbocycles. The Morgan fingerprint density at radius 3 is 1.42 bits per heavy atom. The summed E-state index contributed by atoms with van der Waals surface area (Å²) in [6.45, 7) is 21.5. The Bertz CT molecular complexity index is 2790. The van der Waals surface area contributed by atoms with E-state index in [2.05, 4.69) is 21.3 Å². The minimum absolute atomic E-state index is 0.0159. The molecule has 2 saturated heterocycles. The summed E-state index contributed by atoms with van der Waals surface area (Å²) >= 11 is 0. The lowest BCUT2D eigenvalue weighted by Gasteiger charge is -2.40. The lowest BCUT2D eigenvalue weighted by atomic mass is 9.81. The number of likely N-dealkylation sites (tertiary alicyclic amines) is 1. The van der Waals surface area contributed by atoms with Crippen molar-refractivity contribution in [2.45, 2.75) is 284 Å². The number of nitrogens with one attached hydrogen (secondary N) is 4. The van der Waals surface area contributed by atoms with Crippen molar-refractivity contribution in [2.75, 3.05) is 76.1 Å². The normalized spacial score (nSPS) is 29.3. The van der Waals surface area contributed by atoms with Crippen LogP contribution in [0.5, 0.6) is 0 Å². The monoisotopic (exact) mass is 1430 g/mol. The van der Waals surface area contributed by atoms with Gasteiger partial charge in [-0.15, -0.1) is 0 Å². The molecule has 0 bridgehead atoms. The maximum atomic E-state index is 15.5. The molecule has 0 aromatic heterocycles. The number of likely N-dealkylation sites (N-methyl/N-ethyl adjacent to an activating group) is 7. The average molecular weight is 1430 g/mol. The predicted molar refractivity (Wildman–Crippen MR) is 384 cm³/mol. The minimum Gasteiger partial charge on any atom is -0.391 e. The Hall–Kier alpha value is -6.48. The number of ether oxygens (including phenoxy) is 1. The number of carbonyl (C=O) groups is 12. The van der Waals surface area contributed by atoms with Crippen LogP contribution in [0.4, 0.5) is 0 Å². The molecule has 27 nitrogen and oxygen atoms in total. The van der Waals surface area contributed by atoms with Gasteiger partial charge in [0, 0.05) is 69.5 Å². The number of aliphatic hydroxyl groups excluding tert-OH is 2. The van der Waals surface area contributed by atoms with E-state index in [0.717, 1.165) is 48.3 Å². The number of carbonyl (C=O) groups excluding carboxylic acids is 12. The molecule has 12 amide bonds. The second-order valence-corrected chi connectivity index (χ2v) is 31.7. The van der Waals surface area contributed by atoms with Gasteiger partial charge >= 0.3 is 0 Å². The molecule has 27 heteroatoms.